The second-order valence-electron chi connectivity index (χ2n) is 8.17. The van der Waals surface area contributed by atoms with Crippen molar-refractivity contribution in [2.75, 3.05) is 7.11 Å². The summed E-state index contributed by atoms with van der Waals surface area (Å²) in [6.07, 6.45) is 0. The highest BCUT2D eigenvalue weighted by Gasteiger charge is 2.30. The Bertz CT molecular complexity index is 1530. The first-order valence-electron chi connectivity index (χ1n) is 10.9. The summed E-state index contributed by atoms with van der Waals surface area (Å²) in [5.41, 5.74) is 2.79. The van der Waals surface area contributed by atoms with Crippen LogP contribution in [0.5, 0.6) is 11.5 Å². The van der Waals surface area contributed by atoms with Crippen molar-refractivity contribution >= 4 is 44.8 Å². The molecule has 4 aromatic rings. The van der Waals surface area contributed by atoms with E-state index in [4.69, 9.17) is 39.5 Å². The van der Waals surface area contributed by atoms with Gasteiger partial charge in [0.2, 0.25) is 10.0 Å². The number of sulfonamides is 1. The van der Waals surface area contributed by atoms with E-state index in [1.807, 2.05) is 24.3 Å². The first kappa shape index (κ1) is 27.2. The summed E-state index contributed by atoms with van der Waals surface area (Å²) in [5.74, 6) is -0.600. The Morgan fingerprint density at radius 2 is 1.49 bits per heavy atom. The van der Waals surface area contributed by atoms with Crippen LogP contribution < -0.4 is 4.74 Å². The molecule has 37 heavy (non-hydrogen) atoms. The largest absolute Gasteiger partial charge is 0.505 e. The van der Waals surface area contributed by atoms with Crippen LogP contribution in [-0.4, -0.2) is 24.9 Å². The zero-order valence-corrected chi connectivity index (χ0v) is 22.5. The van der Waals surface area contributed by atoms with Gasteiger partial charge in [0, 0.05) is 28.7 Å². The standard InChI is InChI=1S/C27H21Cl3FNO4S/c1-36-25-11-6-19(18-4-7-21(28)8-5-18)12-20(25)16-32(15-17-2-9-23(31)10-3-17)37(34,35)26-14-22(29)13-24(30)27(26)33/h2-14,33H,15-16H2,1H3. The van der Waals surface area contributed by atoms with Gasteiger partial charge in [-0.1, -0.05) is 65.1 Å². The first-order chi connectivity index (χ1) is 17.6. The van der Waals surface area contributed by atoms with Crippen LogP contribution in [0.1, 0.15) is 11.1 Å². The summed E-state index contributed by atoms with van der Waals surface area (Å²) >= 11 is 18.1. The van der Waals surface area contributed by atoms with Gasteiger partial charge in [-0.05, 0) is 65.2 Å². The SMILES string of the molecule is COc1ccc(-c2ccc(Cl)cc2)cc1CN(Cc1ccc(F)cc1)S(=O)(=O)c1cc(Cl)cc(Cl)c1O. The minimum absolute atomic E-state index is 0.0467. The number of phenolic OH excluding ortho intramolecular Hbond substituents is 1. The number of hydrogen-bond acceptors (Lipinski definition) is 4. The average molecular weight is 581 g/mol. The van der Waals surface area contributed by atoms with Crippen molar-refractivity contribution in [3.8, 4) is 22.6 Å². The summed E-state index contributed by atoms with van der Waals surface area (Å²) in [6.45, 7) is -0.256. The van der Waals surface area contributed by atoms with Crippen molar-refractivity contribution < 1.29 is 22.7 Å². The molecule has 0 fully saturated rings. The molecule has 0 aromatic heterocycles. The van der Waals surface area contributed by atoms with Gasteiger partial charge in [0.05, 0.1) is 12.1 Å². The molecule has 4 rings (SSSR count). The summed E-state index contributed by atoms with van der Waals surface area (Å²) in [6, 6.07) is 20.5. The predicted octanol–water partition coefficient (Wildman–Crippen LogP) is 7.56. The summed E-state index contributed by atoms with van der Waals surface area (Å²) in [7, 11) is -2.86. The number of hydrogen-bond donors (Lipinski definition) is 1. The van der Waals surface area contributed by atoms with Crippen molar-refractivity contribution in [3.05, 3.63) is 111 Å². The van der Waals surface area contributed by atoms with E-state index in [-0.39, 0.29) is 23.1 Å². The van der Waals surface area contributed by atoms with E-state index in [2.05, 4.69) is 0 Å². The zero-order chi connectivity index (χ0) is 26.7. The fourth-order valence-corrected chi connectivity index (χ4v) is 6.09. The highest BCUT2D eigenvalue weighted by atomic mass is 35.5. The maximum absolute atomic E-state index is 13.8. The molecule has 0 spiro atoms. The van der Waals surface area contributed by atoms with Crippen LogP contribution in [0.25, 0.3) is 11.1 Å². The van der Waals surface area contributed by atoms with Crippen LogP contribution >= 0.6 is 34.8 Å². The van der Waals surface area contributed by atoms with Crippen LogP contribution in [0.15, 0.2) is 83.8 Å². The first-order valence-corrected chi connectivity index (χ1v) is 13.5. The minimum Gasteiger partial charge on any atom is -0.505 e. The topological polar surface area (TPSA) is 66.8 Å². The summed E-state index contributed by atoms with van der Waals surface area (Å²) in [5, 5.41) is 10.9. The molecule has 0 aliphatic rings. The predicted molar refractivity (Wildman–Crippen MR) is 144 cm³/mol. The molecule has 0 unspecified atom stereocenters. The lowest BCUT2D eigenvalue weighted by atomic mass is 10.0. The summed E-state index contributed by atoms with van der Waals surface area (Å²) in [4.78, 5) is -0.445. The van der Waals surface area contributed by atoms with Gasteiger partial charge in [0.1, 0.15) is 16.5 Å². The molecule has 10 heteroatoms. The van der Waals surface area contributed by atoms with Gasteiger partial charge in [-0.15, -0.1) is 0 Å². The molecule has 5 nitrogen and oxygen atoms in total. The second kappa shape index (κ2) is 11.3. The van der Waals surface area contributed by atoms with E-state index in [1.165, 1.54) is 37.4 Å². The molecule has 1 N–H and O–H groups in total. The molecule has 4 aromatic carbocycles. The molecule has 0 saturated carbocycles. The Morgan fingerprint density at radius 3 is 2.14 bits per heavy atom. The van der Waals surface area contributed by atoms with Crippen molar-refractivity contribution in [2.24, 2.45) is 0 Å². The van der Waals surface area contributed by atoms with Gasteiger partial charge in [-0.25, -0.2) is 12.8 Å². The Labute approximate surface area is 229 Å². The normalized spacial score (nSPS) is 11.6. The minimum atomic E-state index is -4.34. The van der Waals surface area contributed by atoms with Crippen LogP contribution in [0.4, 0.5) is 4.39 Å². The fraction of sp³-hybridized carbons (Fsp3) is 0.111. The van der Waals surface area contributed by atoms with Crippen molar-refractivity contribution in [1.82, 2.24) is 4.31 Å². The van der Waals surface area contributed by atoms with Crippen LogP contribution in [-0.2, 0) is 23.1 Å². The molecule has 0 bridgehead atoms. The molecule has 0 heterocycles. The molecule has 0 aliphatic carbocycles. The van der Waals surface area contributed by atoms with E-state index in [0.29, 0.717) is 21.9 Å². The molecule has 192 valence electrons. The Morgan fingerprint density at radius 1 is 0.838 bits per heavy atom. The van der Waals surface area contributed by atoms with Crippen LogP contribution in [0.3, 0.4) is 0 Å². The third-order valence-corrected chi connectivity index (χ3v) is 8.25. The van der Waals surface area contributed by atoms with E-state index >= 15 is 0 Å². The molecule has 0 amide bonds. The molecule has 0 radical (unpaired) electrons. The van der Waals surface area contributed by atoms with Crippen LogP contribution in [0.2, 0.25) is 15.1 Å². The Kier molecular flexibility index (Phi) is 8.31. The maximum Gasteiger partial charge on any atom is 0.247 e. The number of ether oxygens (including phenoxy) is 1. The third kappa shape index (κ3) is 6.20. The van der Waals surface area contributed by atoms with Gasteiger partial charge in [-0.2, -0.15) is 4.31 Å². The maximum atomic E-state index is 13.8. The second-order valence-corrected chi connectivity index (χ2v) is 11.4. The lowest BCUT2D eigenvalue weighted by Crippen LogP contribution is -2.30. The number of nitrogens with zero attached hydrogens (tertiary/aromatic N) is 1. The highest BCUT2D eigenvalue weighted by molar-refractivity contribution is 7.89. The van der Waals surface area contributed by atoms with Crippen molar-refractivity contribution in [1.29, 1.82) is 0 Å². The number of methoxy groups -OCH3 is 1. The monoisotopic (exact) mass is 579 g/mol. The lowest BCUT2D eigenvalue weighted by Gasteiger charge is -2.24. The van der Waals surface area contributed by atoms with Gasteiger partial charge in [-0.3, -0.25) is 0 Å². The van der Waals surface area contributed by atoms with Crippen molar-refractivity contribution in [2.45, 2.75) is 18.0 Å². The number of phenols is 1. The smallest absolute Gasteiger partial charge is 0.247 e. The van der Waals surface area contributed by atoms with E-state index in [1.54, 1.807) is 18.2 Å². The molecular weight excluding hydrogens is 560 g/mol. The van der Waals surface area contributed by atoms with E-state index < -0.39 is 26.5 Å². The lowest BCUT2D eigenvalue weighted by molar-refractivity contribution is 0.373. The number of halogens is 4. The van der Waals surface area contributed by atoms with Crippen LogP contribution in [0, 0.1) is 5.82 Å². The fourth-order valence-electron chi connectivity index (χ4n) is 3.81. The Balaban J connectivity index is 1.81. The van der Waals surface area contributed by atoms with Gasteiger partial charge < -0.3 is 9.84 Å². The van der Waals surface area contributed by atoms with E-state index in [9.17, 15) is 17.9 Å². The van der Waals surface area contributed by atoms with Gasteiger partial charge in [0.15, 0.2) is 5.75 Å². The molecule has 0 aliphatic heterocycles. The quantitative estimate of drug-likeness (QED) is 0.234. The average Bonchev–Trinajstić information content (AvgIpc) is 2.87. The Hall–Kier alpha value is -2.81. The van der Waals surface area contributed by atoms with Gasteiger partial charge in [0.25, 0.3) is 0 Å². The molecular formula is C27H21Cl3FNO4S. The third-order valence-electron chi connectivity index (χ3n) is 5.69. The summed E-state index contributed by atoms with van der Waals surface area (Å²) < 4.78 is 47.9. The molecule has 0 saturated heterocycles. The van der Waals surface area contributed by atoms with E-state index in [0.717, 1.165) is 21.5 Å². The highest BCUT2D eigenvalue weighted by Crippen LogP contribution is 2.37. The number of benzene rings is 4. The number of rotatable bonds is 8. The number of aromatic hydroxyl groups is 1. The molecule has 0 atom stereocenters. The van der Waals surface area contributed by atoms with Gasteiger partial charge >= 0.3 is 0 Å². The zero-order valence-electron chi connectivity index (χ0n) is 19.5. The van der Waals surface area contributed by atoms with Crippen molar-refractivity contribution in [3.63, 3.8) is 0 Å².